The Morgan fingerprint density at radius 1 is 1.54 bits per heavy atom. The first-order valence-electron chi connectivity index (χ1n) is 4.29. The summed E-state index contributed by atoms with van der Waals surface area (Å²) in [5.41, 5.74) is 0. The molecule has 0 aliphatic heterocycles. The maximum Gasteiger partial charge on any atom is 0.112 e. The van der Waals surface area contributed by atoms with E-state index < -0.39 is 0 Å². The first-order chi connectivity index (χ1) is 6.06. The molecule has 0 amide bonds. The zero-order valence-electron chi connectivity index (χ0n) is 8.52. The maximum absolute atomic E-state index is 7.26. The van der Waals surface area contributed by atoms with Crippen LogP contribution in [0.3, 0.4) is 0 Å². The topological polar surface area (TPSA) is 33.1 Å². The van der Waals surface area contributed by atoms with Crippen LogP contribution in [0.2, 0.25) is 0 Å². The largest absolute Gasteiger partial charge is 0.494 e. The Morgan fingerprint density at radius 2 is 2.15 bits per heavy atom. The lowest BCUT2D eigenvalue weighted by atomic mass is 10.4. The van der Waals surface area contributed by atoms with Crippen LogP contribution in [0.1, 0.15) is 27.2 Å². The monoisotopic (exact) mass is 199 g/mol. The van der Waals surface area contributed by atoms with Crippen LogP contribution in [0, 0.1) is 5.41 Å². The van der Waals surface area contributed by atoms with Crippen molar-refractivity contribution in [3.8, 4) is 0 Å². The van der Waals surface area contributed by atoms with Crippen molar-refractivity contribution < 1.29 is 4.74 Å². The van der Waals surface area contributed by atoms with Crippen molar-refractivity contribution >= 4 is 16.8 Å². The van der Waals surface area contributed by atoms with E-state index in [0.717, 1.165) is 11.3 Å². The molecular weight excluding hydrogens is 182 g/mol. The molecule has 0 atom stereocenters. The second-order valence-electron chi connectivity index (χ2n) is 2.73. The van der Waals surface area contributed by atoms with Gasteiger partial charge in [-0.15, -0.1) is 0 Å². The van der Waals surface area contributed by atoms with Crippen molar-refractivity contribution in [2.45, 2.75) is 27.2 Å². The normalized spacial score (nSPS) is 11.2. The highest BCUT2D eigenvalue weighted by molar-refractivity contribution is 8.17. The van der Waals surface area contributed by atoms with Gasteiger partial charge in [-0.1, -0.05) is 25.3 Å². The molecule has 74 valence electrons. The summed E-state index contributed by atoms with van der Waals surface area (Å²) in [4.78, 5) is 1.04. The molecule has 2 nitrogen and oxygen atoms in total. The Balaban J connectivity index is 3.91. The van der Waals surface area contributed by atoms with Gasteiger partial charge >= 0.3 is 0 Å². The van der Waals surface area contributed by atoms with E-state index in [1.165, 1.54) is 11.8 Å². The lowest BCUT2D eigenvalue weighted by Gasteiger charge is -2.04. The summed E-state index contributed by atoms with van der Waals surface area (Å²) in [6.45, 7) is 10.2. The summed E-state index contributed by atoms with van der Waals surface area (Å²) in [5, 5.41) is 7.84. The van der Waals surface area contributed by atoms with Gasteiger partial charge in [0.05, 0.1) is 11.7 Å². The third-order valence-corrected chi connectivity index (χ3v) is 1.92. The quantitative estimate of drug-likeness (QED) is 0.318. The van der Waals surface area contributed by atoms with E-state index in [4.69, 9.17) is 10.1 Å². The molecule has 13 heavy (non-hydrogen) atoms. The van der Waals surface area contributed by atoms with Gasteiger partial charge in [0.15, 0.2) is 0 Å². The summed E-state index contributed by atoms with van der Waals surface area (Å²) >= 11 is 1.42. The predicted octanol–water partition coefficient (Wildman–Crippen LogP) is 3.56. The molecule has 0 fully saturated rings. The predicted molar refractivity (Wildman–Crippen MR) is 60.1 cm³/mol. The molecule has 0 aliphatic carbocycles. The standard InChI is InChI=1S/C10H17NOS/c1-5-6-12-8(2)7-9(3)13-10(4)11/h7,11H,2,5-6H2,1,3-4H3/b9-7+,11-10?. The highest BCUT2D eigenvalue weighted by Gasteiger charge is 1.95. The first-order valence-corrected chi connectivity index (χ1v) is 5.11. The van der Waals surface area contributed by atoms with Gasteiger partial charge in [-0.2, -0.15) is 0 Å². The van der Waals surface area contributed by atoms with E-state index in [9.17, 15) is 0 Å². The van der Waals surface area contributed by atoms with E-state index in [0.29, 0.717) is 17.4 Å². The van der Waals surface area contributed by atoms with E-state index in [1.54, 1.807) is 6.92 Å². The molecular formula is C10H17NOS. The smallest absolute Gasteiger partial charge is 0.112 e. The molecule has 0 rings (SSSR count). The van der Waals surface area contributed by atoms with Crippen LogP contribution in [-0.4, -0.2) is 11.7 Å². The fraction of sp³-hybridized carbons (Fsp3) is 0.500. The zero-order chi connectivity index (χ0) is 10.3. The number of thioether (sulfide) groups is 1. The van der Waals surface area contributed by atoms with E-state index >= 15 is 0 Å². The number of hydrogen-bond donors (Lipinski definition) is 1. The SMILES string of the molecule is C=C(/C=C(\C)SC(C)=N)OCCC. The molecule has 0 radical (unpaired) electrons. The molecule has 0 aromatic carbocycles. The van der Waals surface area contributed by atoms with Crippen molar-refractivity contribution in [3.05, 3.63) is 23.3 Å². The molecule has 0 aliphatic rings. The zero-order valence-corrected chi connectivity index (χ0v) is 9.33. The van der Waals surface area contributed by atoms with E-state index in [-0.39, 0.29) is 0 Å². The number of allylic oxidation sites excluding steroid dienone is 2. The Bertz CT molecular complexity index is 221. The minimum atomic E-state index is 0.581. The van der Waals surface area contributed by atoms with Gasteiger partial charge in [-0.25, -0.2) is 0 Å². The lowest BCUT2D eigenvalue weighted by molar-refractivity contribution is 0.226. The fourth-order valence-electron chi connectivity index (χ4n) is 0.772. The van der Waals surface area contributed by atoms with Crippen molar-refractivity contribution in [3.63, 3.8) is 0 Å². The van der Waals surface area contributed by atoms with Gasteiger partial charge in [0.25, 0.3) is 0 Å². The molecule has 0 unspecified atom stereocenters. The summed E-state index contributed by atoms with van der Waals surface area (Å²) in [6.07, 6.45) is 2.85. The number of rotatable bonds is 5. The summed E-state index contributed by atoms with van der Waals surface area (Å²) in [7, 11) is 0. The summed E-state index contributed by atoms with van der Waals surface area (Å²) in [5.74, 6) is 0.674. The van der Waals surface area contributed by atoms with Crippen molar-refractivity contribution in [1.82, 2.24) is 0 Å². The molecule has 0 aromatic heterocycles. The average molecular weight is 199 g/mol. The Morgan fingerprint density at radius 3 is 2.62 bits per heavy atom. The van der Waals surface area contributed by atoms with Gasteiger partial charge in [0, 0.05) is 0 Å². The molecule has 3 heteroatoms. The maximum atomic E-state index is 7.26. The van der Waals surface area contributed by atoms with Gasteiger partial charge < -0.3 is 4.74 Å². The number of hydrogen-bond acceptors (Lipinski definition) is 3. The summed E-state index contributed by atoms with van der Waals surface area (Å²) < 4.78 is 5.29. The van der Waals surface area contributed by atoms with Crippen molar-refractivity contribution in [1.29, 1.82) is 5.41 Å². The van der Waals surface area contributed by atoms with E-state index in [2.05, 4.69) is 13.5 Å². The lowest BCUT2D eigenvalue weighted by Crippen LogP contribution is -1.90. The van der Waals surface area contributed by atoms with Crippen LogP contribution >= 0.6 is 11.8 Å². The van der Waals surface area contributed by atoms with Gasteiger partial charge in [-0.05, 0) is 31.2 Å². The highest BCUT2D eigenvalue weighted by atomic mass is 32.2. The molecule has 0 aromatic rings. The Labute approximate surface area is 84.6 Å². The molecule has 0 heterocycles. The van der Waals surface area contributed by atoms with Crippen LogP contribution in [-0.2, 0) is 4.74 Å². The third kappa shape index (κ3) is 7.65. The Kier molecular flexibility index (Phi) is 6.41. The second-order valence-corrected chi connectivity index (χ2v) is 4.19. The van der Waals surface area contributed by atoms with Crippen molar-refractivity contribution in [2.24, 2.45) is 0 Å². The fourth-order valence-corrected chi connectivity index (χ4v) is 1.45. The first kappa shape index (κ1) is 12.3. The summed E-state index contributed by atoms with van der Waals surface area (Å²) in [6, 6.07) is 0. The van der Waals surface area contributed by atoms with Crippen molar-refractivity contribution in [2.75, 3.05) is 6.61 Å². The van der Waals surface area contributed by atoms with Crippen LogP contribution < -0.4 is 0 Å². The number of ether oxygens (including phenoxy) is 1. The highest BCUT2D eigenvalue weighted by Crippen LogP contribution is 2.17. The van der Waals surface area contributed by atoms with Crippen LogP contribution in [0.15, 0.2) is 23.3 Å². The minimum absolute atomic E-state index is 0.581. The average Bonchev–Trinajstić information content (AvgIpc) is 1.98. The Hall–Kier alpha value is -0.700. The van der Waals surface area contributed by atoms with Gasteiger partial charge in [0.1, 0.15) is 5.76 Å². The molecule has 0 saturated heterocycles. The third-order valence-electron chi connectivity index (χ3n) is 1.17. The van der Waals surface area contributed by atoms with Gasteiger partial charge in [-0.3, -0.25) is 5.41 Å². The molecule has 0 spiro atoms. The van der Waals surface area contributed by atoms with Crippen LogP contribution in [0.25, 0.3) is 0 Å². The van der Waals surface area contributed by atoms with Gasteiger partial charge in [0.2, 0.25) is 0 Å². The van der Waals surface area contributed by atoms with Crippen LogP contribution in [0.5, 0.6) is 0 Å². The molecule has 0 saturated carbocycles. The second kappa shape index (κ2) is 6.78. The van der Waals surface area contributed by atoms with E-state index in [1.807, 2.05) is 13.0 Å². The number of nitrogens with one attached hydrogen (secondary N) is 1. The molecule has 1 N–H and O–H groups in total. The minimum Gasteiger partial charge on any atom is -0.494 e. The van der Waals surface area contributed by atoms with Crippen LogP contribution in [0.4, 0.5) is 0 Å². The molecule has 0 bridgehead atoms.